The van der Waals surface area contributed by atoms with E-state index >= 15 is 0 Å². The van der Waals surface area contributed by atoms with Crippen molar-refractivity contribution in [3.63, 3.8) is 0 Å². The van der Waals surface area contributed by atoms with Crippen LogP contribution >= 0.6 is 0 Å². The summed E-state index contributed by atoms with van der Waals surface area (Å²) >= 11 is 0. The minimum atomic E-state index is -0.206. The number of halogens is 1. The maximum Gasteiger partial charge on any atom is 0.190 e. The summed E-state index contributed by atoms with van der Waals surface area (Å²) < 4.78 is 15.2. The first-order valence-corrected chi connectivity index (χ1v) is 8.57. The van der Waals surface area contributed by atoms with Crippen molar-refractivity contribution >= 4 is 11.6 Å². The van der Waals surface area contributed by atoms with Crippen LogP contribution in [0.2, 0.25) is 0 Å². The Bertz CT molecular complexity index is 641. The third-order valence-corrected chi connectivity index (χ3v) is 3.85. The number of guanidine groups is 1. The van der Waals surface area contributed by atoms with Gasteiger partial charge in [-0.25, -0.2) is 4.39 Å². The van der Waals surface area contributed by atoms with E-state index in [1.54, 1.807) is 25.4 Å². The van der Waals surface area contributed by atoms with Gasteiger partial charge in [-0.1, -0.05) is 6.07 Å². The topological polar surface area (TPSA) is 57.5 Å². The Kier molecular flexibility index (Phi) is 7.75. The van der Waals surface area contributed by atoms with Gasteiger partial charge in [0.1, 0.15) is 5.82 Å². The van der Waals surface area contributed by atoms with Crippen LogP contribution in [0.1, 0.15) is 12.8 Å². The molecule has 0 amide bonds. The molecule has 2 rings (SSSR count). The normalized spacial score (nSPS) is 11.4. The first kappa shape index (κ1) is 18.8. The predicted molar refractivity (Wildman–Crippen MR) is 100 cm³/mol. The van der Waals surface area contributed by atoms with Crippen LogP contribution in [0.4, 0.5) is 10.1 Å². The smallest absolute Gasteiger partial charge is 0.190 e. The molecule has 0 radical (unpaired) electrons. The zero-order valence-corrected chi connectivity index (χ0v) is 15.0. The number of nitrogens with zero attached hydrogens (tertiary/aromatic N) is 4. The molecule has 0 atom stereocenters. The molecule has 6 nitrogen and oxygen atoms in total. The average molecular weight is 346 g/mol. The molecule has 0 aliphatic rings. The van der Waals surface area contributed by atoms with E-state index in [9.17, 15) is 4.39 Å². The average Bonchev–Trinajstić information content (AvgIpc) is 3.13. The Morgan fingerprint density at radius 3 is 2.72 bits per heavy atom. The maximum absolute atomic E-state index is 13.2. The summed E-state index contributed by atoms with van der Waals surface area (Å²) in [5, 5.41) is 10.8. The van der Waals surface area contributed by atoms with E-state index in [1.807, 2.05) is 35.0 Å². The molecule has 2 aromatic rings. The van der Waals surface area contributed by atoms with Crippen LogP contribution in [0.15, 0.2) is 47.7 Å². The minimum Gasteiger partial charge on any atom is -0.374 e. The van der Waals surface area contributed by atoms with E-state index < -0.39 is 0 Å². The van der Waals surface area contributed by atoms with Crippen LogP contribution in [0.5, 0.6) is 0 Å². The molecule has 0 saturated carbocycles. The SMILES string of the molecule is CN=C(NCCCN(C)c1cccc(F)c1)NCCCn1cccn1. The number of rotatable bonds is 9. The zero-order chi connectivity index (χ0) is 17.9. The minimum absolute atomic E-state index is 0.206. The molecule has 1 aromatic heterocycles. The monoisotopic (exact) mass is 346 g/mol. The van der Waals surface area contributed by atoms with Gasteiger partial charge in [0.2, 0.25) is 0 Å². The molecule has 0 aliphatic heterocycles. The number of benzene rings is 1. The van der Waals surface area contributed by atoms with E-state index in [-0.39, 0.29) is 5.82 Å². The summed E-state index contributed by atoms with van der Waals surface area (Å²) in [4.78, 5) is 6.26. The van der Waals surface area contributed by atoms with E-state index in [4.69, 9.17) is 0 Å². The number of aryl methyl sites for hydroxylation is 1. The van der Waals surface area contributed by atoms with Crippen molar-refractivity contribution in [1.82, 2.24) is 20.4 Å². The Hall–Kier alpha value is -2.57. The number of hydrogen-bond donors (Lipinski definition) is 2. The van der Waals surface area contributed by atoms with Crippen molar-refractivity contribution in [2.75, 3.05) is 38.6 Å². The first-order chi connectivity index (χ1) is 12.2. The highest BCUT2D eigenvalue weighted by Crippen LogP contribution is 2.13. The van der Waals surface area contributed by atoms with Crippen LogP contribution in [-0.2, 0) is 6.54 Å². The van der Waals surface area contributed by atoms with Gasteiger partial charge < -0.3 is 15.5 Å². The number of aromatic nitrogens is 2. The molecule has 0 saturated heterocycles. The van der Waals surface area contributed by atoms with Gasteiger partial charge in [0, 0.05) is 58.4 Å². The molecule has 25 heavy (non-hydrogen) atoms. The summed E-state index contributed by atoms with van der Waals surface area (Å²) in [6, 6.07) is 8.58. The van der Waals surface area contributed by atoms with E-state index in [1.165, 1.54) is 6.07 Å². The molecule has 0 aliphatic carbocycles. The molecule has 0 spiro atoms. The van der Waals surface area contributed by atoms with E-state index in [0.717, 1.165) is 50.7 Å². The van der Waals surface area contributed by atoms with Gasteiger partial charge >= 0.3 is 0 Å². The zero-order valence-electron chi connectivity index (χ0n) is 15.0. The summed E-state index contributed by atoms with van der Waals surface area (Å²) in [6.45, 7) is 3.36. The molecule has 0 fully saturated rings. The van der Waals surface area contributed by atoms with Gasteiger partial charge in [-0.05, 0) is 37.1 Å². The van der Waals surface area contributed by atoms with E-state index in [2.05, 4.69) is 20.7 Å². The van der Waals surface area contributed by atoms with Crippen LogP contribution in [0.25, 0.3) is 0 Å². The Morgan fingerprint density at radius 1 is 1.24 bits per heavy atom. The fraction of sp³-hybridized carbons (Fsp3) is 0.444. The lowest BCUT2D eigenvalue weighted by molar-refractivity contribution is 0.570. The van der Waals surface area contributed by atoms with Gasteiger partial charge in [0.15, 0.2) is 5.96 Å². The van der Waals surface area contributed by atoms with Crippen LogP contribution in [-0.4, -0.2) is 49.5 Å². The molecule has 2 N–H and O–H groups in total. The fourth-order valence-electron chi connectivity index (χ4n) is 2.47. The Morgan fingerprint density at radius 2 is 2.04 bits per heavy atom. The van der Waals surface area contributed by atoms with Crippen molar-refractivity contribution in [2.24, 2.45) is 4.99 Å². The van der Waals surface area contributed by atoms with Crippen molar-refractivity contribution in [3.05, 3.63) is 48.5 Å². The number of nitrogens with one attached hydrogen (secondary N) is 2. The highest BCUT2D eigenvalue weighted by Gasteiger charge is 2.02. The highest BCUT2D eigenvalue weighted by molar-refractivity contribution is 5.79. The predicted octanol–water partition coefficient (Wildman–Crippen LogP) is 2.10. The second-order valence-electron chi connectivity index (χ2n) is 5.80. The molecular weight excluding hydrogens is 319 g/mol. The summed E-state index contributed by atoms with van der Waals surface area (Å²) in [7, 11) is 3.73. The maximum atomic E-state index is 13.2. The van der Waals surface area contributed by atoms with Gasteiger partial charge in [0.05, 0.1) is 0 Å². The molecule has 0 bridgehead atoms. The van der Waals surface area contributed by atoms with Crippen molar-refractivity contribution in [3.8, 4) is 0 Å². The molecule has 1 heterocycles. The van der Waals surface area contributed by atoms with Crippen molar-refractivity contribution in [1.29, 1.82) is 0 Å². The molecule has 0 unspecified atom stereocenters. The van der Waals surface area contributed by atoms with Crippen molar-refractivity contribution in [2.45, 2.75) is 19.4 Å². The number of aliphatic imine (C=N–C) groups is 1. The fourth-order valence-corrected chi connectivity index (χ4v) is 2.47. The van der Waals surface area contributed by atoms with Crippen molar-refractivity contribution < 1.29 is 4.39 Å². The lowest BCUT2D eigenvalue weighted by Crippen LogP contribution is -2.39. The van der Waals surface area contributed by atoms with Gasteiger partial charge in [-0.2, -0.15) is 5.10 Å². The standard InChI is InChI=1S/C18H27FN6/c1-20-18(22-10-5-13-25-14-6-11-23-25)21-9-4-12-24(2)17-8-3-7-16(19)15-17/h3,6-8,11,14-15H,4-5,9-10,12-13H2,1-2H3,(H2,20,21,22). The van der Waals surface area contributed by atoms with Crippen LogP contribution < -0.4 is 15.5 Å². The first-order valence-electron chi connectivity index (χ1n) is 8.57. The Labute approximate surface area is 148 Å². The second-order valence-corrected chi connectivity index (χ2v) is 5.80. The van der Waals surface area contributed by atoms with E-state index in [0.29, 0.717) is 0 Å². The second kappa shape index (κ2) is 10.3. The third-order valence-electron chi connectivity index (χ3n) is 3.85. The molecule has 7 heteroatoms. The number of anilines is 1. The highest BCUT2D eigenvalue weighted by atomic mass is 19.1. The van der Waals surface area contributed by atoms with Gasteiger partial charge in [-0.15, -0.1) is 0 Å². The van der Waals surface area contributed by atoms with Crippen LogP contribution in [0, 0.1) is 5.82 Å². The largest absolute Gasteiger partial charge is 0.374 e. The summed E-state index contributed by atoms with van der Waals surface area (Å²) in [5.74, 6) is 0.594. The quantitative estimate of drug-likeness (QED) is 0.415. The third kappa shape index (κ3) is 6.82. The molecular formula is C18H27FN6. The summed E-state index contributed by atoms with van der Waals surface area (Å²) in [5.41, 5.74) is 0.890. The lowest BCUT2D eigenvalue weighted by atomic mass is 10.2. The molecule has 136 valence electrons. The van der Waals surface area contributed by atoms with Gasteiger partial charge in [0.25, 0.3) is 0 Å². The lowest BCUT2D eigenvalue weighted by Gasteiger charge is -2.20. The summed E-state index contributed by atoms with van der Waals surface area (Å²) in [6.07, 6.45) is 5.66. The Balaban J connectivity index is 1.59. The number of hydrogen-bond acceptors (Lipinski definition) is 3. The molecule has 1 aromatic carbocycles. The van der Waals surface area contributed by atoms with Gasteiger partial charge in [-0.3, -0.25) is 9.67 Å². The van der Waals surface area contributed by atoms with Crippen LogP contribution in [0.3, 0.4) is 0 Å².